The fourth-order valence-electron chi connectivity index (χ4n) is 1.73. The second kappa shape index (κ2) is 4.38. The highest BCUT2D eigenvalue weighted by atomic mass is 32.1. The maximum absolute atomic E-state index is 6.00. The summed E-state index contributed by atoms with van der Waals surface area (Å²) < 4.78 is 5.65. The van der Waals surface area contributed by atoms with Gasteiger partial charge in [0.2, 0.25) is 0 Å². The summed E-state index contributed by atoms with van der Waals surface area (Å²) in [5, 5.41) is 3.25. The lowest BCUT2D eigenvalue weighted by Crippen LogP contribution is -2.34. The van der Waals surface area contributed by atoms with Gasteiger partial charge in [-0.3, -0.25) is 0 Å². The van der Waals surface area contributed by atoms with E-state index in [1.807, 2.05) is 0 Å². The minimum atomic E-state index is 0.0281. The third-order valence-corrected chi connectivity index (χ3v) is 3.54. The molecule has 1 saturated heterocycles. The van der Waals surface area contributed by atoms with E-state index >= 15 is 0 Å². The summed E-state index contributed by atoms with van der Waals surface area (Å²) in [6, 6.07) is 0.121. The predicted molar refractivity (Wildman–Crippen MR) is 57.4 cm³/mol. The highest BCUT2D eigenvalue weighted by Crippen LogP contribution is 2.27. The fourth-order valence-corrected chi connectivity index (χ4v) is 2.50. The molecular weight excluding hydrogens is 196 g/mol. The Morgan fingerprint density at radius 2 is 2.57 bits per heavy atom. The Morgan fingerprint density at radius 3 is 3.21 bits per heavy atom. The van der Waals surface area contributed by atoms with Gasteiger partial charge in [-0.2, -0.15) is 0 Å². The van der Waals surface area contributed by atoms with Crippen LogP contribution in [0.5, 0.6) is 0 Å². The van der Waals surface area contributed by atoms with Crippen molar-refractivity contribution in [3.05, 3.63) is 16.1 Å². The van der Waals surface area contributed by atoms with E-state index in [2.05, 4.69) is 17.3 Å². The molecule has 1 aliphatic heterocycles. The van der Waals surface area contributed by atoms with E-state index in [4.69, 9.17) is 10.5 Å². The molecule has 1 aliphatic rings. The van der Waals surface area contributed by atoms with Crippen molar-refractivity contribution >= 4 is 11.3 Å². The summed E-state index contributed by atoms with van der Waals surface area (Å²) in [6.45, 7) is 2.93. The molecule has 0 radical (unpaired) electrons. The van der Waals surface area contributed by atoms with Crippen molar-refractivity contribution in [3.8, 4) is 0 Å². The molecule has 0 saturated carbocycles. The SMILES string of the molecule is CCc1nc(C2OCCCC2N)cs1. The average Bonchev–Trinajstić information content (AvgIpc) is 2.67. The Kier molecular flexibility index (Phi) is 3.15. The standard InChI is InChI=1S/C10H16N2OS/c1-2-9-12-8(6-14-9)10-7(11)4-3-5-13-10/h6-7,10H,2-5,11H2,1H3. The minimum absolute atomic E-state index is 0.0281. The maximum Gasteiger partial charge on any atom is 0.115 e. The number of ether oxygens (including phenoxy) is 1. The summed E-state index contributed by atoms with van der Waals surface area (Å²) in [7, 11) is 0. The van der Waals surface area contributed by atoms with Crippen LogP contribution >= 0.6 is 11.3 Å². The van der Waals surface area contributed by atoms with Crippen LogP contribution in [0.2, 0.25) is 0 Å². The van der Waals surface area contributed by atoms with Crippen LogP contribution in [0.3, 0.4) is 0 Å². The van der Waals surface area contributed by atoms with Crippen LogP contribution in [0.15, 0.2) is 5.38 Å². The highest BCUT2D eigenvalue weighted by molar-refractivity contribution is 7.09. The normalized spacial score (nSPS) is 27.9. The molecule has 0 aromatic carbocycles. The molecule has 78 valence electrons. The smallest absolute Gasteiger partial charge is 0.115 e. The van der Waals surface area contributed by atoms with Crippen molar-refractivity contribution in [1.29, 1.82) is 0 Å². The molecule has 3 nitrogen and oxygen atoms in total. The van der Waals surface area contributed by atoms with E-state index in [9.17, 15) is 0 Å². The average molecular weight is 212 g/mol. The maximum atomic E-state index is 6.00. The molecule has 2 heterocycles. The second-order valence-electron chi connectivity index (χ2n) is 3.62. The van der Waals surface area contributed by atoms with Gasteiger partial charge in [-0.1, -0.05) is 6.92 Å². The second-order valence-corrected chi connectivity index (χ2v) is 4.56. The molecule has 1 aromatic heterocycles. The first-order chi connectivity index (χ1) is 6.81. The van der Waals surface area contributed by atoms with Crippen LogP contribution in [0, 0.1) is 0 Å². The van der Waals surface area contributed by atoms with Gasteiger partial charge in [0.25, 0.3) is 0 Å². The molecule has 0 amide bonds. The predicted octanol–water partition coefficient (Wildman–Crippen LogP) is 1.88. The van der Waals surface area contributed by atoms with Crippen LogP contribution < -0.4 is 5.73 Å². The number of hydrogen-bond donors (Lipinski definition) is 1. The van der Waals surface area contributed by atoms with Gasteiger partial charge in [-0.25, -0.2) is 4.98 Å². The third-order valence-electron chi connectivity index (χ3n) is 2.53. The highest BCUT2D eigenvalue weighted by Gasteiger charge is 2.26. The Hall–Kier alpha value is -0.450. The molecular formula is C10H16N2OS. The van der Waals surface area contributed by atoms with E-state index in [-0.39, 0.29) is 12.1 Å². The summed E-state index contributed by atoms with van der Waals surface area (Å²) in [6.07, 6.45) is 3.14. The Bertz CT molecular complexity index is 300. The molecule has 1 fully saturated rings. The third kappa shape index (κ3) is 1.97. The number of thiazole rings is 1. The molecule has 14 heavy (non-hydrogen) atoms. The molecule has 2 atom stereocenters. The van der Waals surface area contributed by atoms with Crippen molar-refractivity contribution in [1.82, 2.24) is 4.98 Å². The van der Waals surface area contributed by atoms with Crippen molar-refractivity contribution in [2.24, 2.45) is 5.73 Å². The number of hydrogen-bond acceptors (Lipinski definition) is 4. The number of rotatable bonds is 2. The van der Waals surface area contributed by atoms with E-state index in [1.54, 1.807) is 11.3 Å². The quantitative estimate of drug-likeness (QED) is 0.814. The minimum Gasteiger partial charge on any atom is -0.370 e. The zero-order valence-electron chi connectivity index (χ0n) is 8.40. The van der Waals surface area contributed by atoms with E-state index in [0.29, 0.717) is 0 Å². The number of aryl methyl sites for hydroxylation is 1. The van der Waals surface area contributed by atoms with Crippen LogP contribution in [-0.2, 0) is 11.2 Å². The van der Waals surface area contributed by atoms with Crippen molar-refractivity contribution in [2.75, 3.05) is 6.61 Å². The summed E-state index contributed by atoms with van der Waals surface area (Å²) in [5.41, 5.74) is 7.03. The van der Waals surface area contributed by atoms with Gasteiger partial charge in [0.15, 0.2) is 0 Å². The summed E-state index contributed by atoms with van der Waals surface area (Å²) in [5.74, 6) is 0. The van der Waals surface area contributed by atoms with Gasteiger partial charge in [-0.15, -0.1) is 11.3 Å². The van der Waals surface area contributed by atoms with E-state index < -0.39 is 0 Å². The first kappa shape index (κ1) is 10.1. The number of nitrogens with zero attached hydrogens (tertiary/aromatic N) is 1. The lowest BCUT2D eigenvalue weighted by molar-refractivity contribution is -0.00214. The summed E-state index contributed by atoms with van der Waals surface area (Å²) in [4.78, 5) is 4.52. The molecule has 2 N–H and O–H groups in total. The van der Waals surface area contributed by atoms with Crippen molar-refractivity contribution in [3.63, 3.8) is 0 Å². The lowest BCUT2D eigenvalue weighted by Gasteiger charge is -2.27. The van der Waals surface area contributed by atoms with Gasteiger partial charge in [-0.05, 0) is 19.3 Å². The van der Waals surface area contributed by atoms with E-state index in [0.717, 1.165) is 31.6 Å². The number of nitrogens with two attached hydrogens (primary N) is 1. The van der Waals surface area contributed by atoms with Gasteiger partial charge >= 0.3 is 0 Å². The zero-order valence-corrected chi connectivity index (χ0v) is 9.22. The lowest BCUT2D eigenvalue weighted by atomic mass is 10.0. The Balaban J connectivity index is 2.12. The van der Waals surface area contributed by atoms with Gasteiger partial charge < -0.3 is 10.5 Å². The summed E-state index contributed by atoms with van der Waals surface area (Å²) >= 11 is 1.70. The van der Waals surface area contributed by atoms with Gasteiger partial charge in [0.05, 0.1) is 10.7 Å². The first-order valence-electron chi connectivity index (χ1n) is 5.12. The number of aromatic nitrogens is 1. The molecule has 0 aliphatic carbocycles. The molecule has 1 aromatic rings. The fraction of sp³-hybridized carbons (Fsp3) is 0.700. The molecule has 2 rings (SSSR count). The van der Waals surface area contributed by atoms with Gasteiger partial charge in [0, 0.05) is 18.0 Å². The first-order valence-corrected chi connectivity index (χ1v) is 6.00. The van der Waals surface area contributed by atoms with Crippen LogP contribution in [0.4, 0.5) is 0 Å². The molecule has 0 bridgehead atoms. The molecule has 2 unspecified atom stereocenters. The molecule has 0 spiro atoms. The van der Waals surface area contributed by atoms with Crippen LogP contribution in [-0.4, -0.2) is 17.6 Å². The molecule has 4 heteroatoms. The Morgan fingerprint density at radius 1 is 1.71 bits per heavy atom. The van der Waals surface area contributed by atoms with Crippen LogP contribution in [0.1, 0.15) is 36.6 Å². The van der Waals surface area contributed by atoms with E-state index in [1.165, 1.54) is 5.01 Å². The topological polar surface area (TPSA) is 48.1 Å². The zero-order chi connectivity index (χ0) is 9.97. The van der Waals surface area contributed by atoms with Crippen molar-refractivity contribution in [2.45, 2.75) is 38.3 Å². The van der Waals surface area contributed by atoms with Crippen LogP contribution in [0.25, 0.3) is 0 Å². The van der Waals surface area contributed by atoms with Crippen molar-refractivity contribution < 1.29 is 4.74 Å². The Labute approximate surface area is 88.3 Å². The monoisotopic (exact) mass is 212 g/mol. The largest absolute Gasteiger partial charge is 0.370 e. The van der Waals surface area contributed by atoms with Gasteiger partial charge in [0.1, 0.15) is 6.10 Å².